The Bertz CT molecular complexity index is 822. The molecule has 28 heavy (non-hydrogen) atoms. The van der Waals surface area contributed by atoms with Crippen molar-refractivity contribution in [3.63, 3.8) is 0 Å². The number of carbonyl (C=O) groups is 1. The quantitative estimate of drug-likeness (QED) is 0.316. The van der Waals surface area contributed by atoms with Crippen molar-refractivity contribution < 1.29 is 4.79 Å². The molecule has 0 spiro atoms. The second-order valence-corrected chi connectivity index (χ2v) is 6.78. The van der Waals surface area contributed by atoms with E-state index in [9.17, 15) is 4.79 Å². The zero-order valence-electron chi connectivity index (χ0n) is 16.5. The molecule has 3 rings (SSSR count). The first-order chi connectivity index (χ1) is 13.2. The van der Waals surface area contributed by atoms with Gasteiger partial charge in [-0.05, 0) is 48.6 Å². The SMILES string of the molecule is CCNC(=NCC1Cc2ccccc21)NCCc1cccc(C(=O)NC)c1.I. The van der Waals surface area contributed by atoms with Crippen LogP contribution < -0.4 is 16.0 Å². The Balaban J connectivity index is 0.00000280. The fraction of sp³-hybridized carbons (Fsp3) is 0.364. The van der Waals surface area contributed by atoms with Gasteiger partial charge in [-0.3, -0.25) is 9.79 Å². The largest absolute Gasteiger partial charge is 0.357 e. The summed E-state index contributed by atoms with van der Waals surface area (Å²) in [6.07, 6.45) is 1.95. The molecule has 0 radical (unpaired) electrons. The summed E-state index contributed by atoms with van der Waals surface area (Å²) in [5, 5.41) is 9.37. The molecule has 0 fully saturated rings. The molecule has 0 aliphatic heterocycles. The lowest BCUT2D eigenvalue weighted by atomic mass is 9.78. The van der Waals surface area contributed by atoms with Crippen LogP contribution in [0.2, 0.25) is 0 Å². The third kappa shape index (κ3) is 5.70. The normalized spacial score (nSPS) is 14.9. The number of hydrogen-bond acceptors (Lipinski definition) is 2. The first-order valence-corrected chi connectivity index (χ1v) is 9.62. The Morgan fingerprint density at radius 1 is 1.14 bits per heavy atom. The molecule has 2 aromatic rings. The average Bonchev–Trinajstić information content (AvgIpc) is 2.68. The highest BCUT2D eigenvalue weighted by Gasteiger charge is 2.24. The summed E-state index contributed by atoms with van der Waals surface area (Å²) in [6.45, 7) is 4.48. The highest BCUT2D eigenvalue weighted by molar-refractivity contribution is 14.0. The van der Waals surface area contributed by atoms with Crippen molar-refractivity contribution >= 4 is 35.8 Å². The van der Waals surface area contributed by atoms with E-state index in [-0.39, 0.29) is 29.9 Å². The molecule has 0 saturated heterocycles. The Kier molecular flexibility index (Phi) is 8.76. The molecule has 6 heteroatoms. The number of amides is 1. The molecule has 0 bridgehead atoms. The van der Waals surface area contributed by atoms with Crippen LogP contribution in [-0.2, 0) is 12.8 Å². The first kappa shape index (κ1) is 22.2. The third-order valence-electron chi connectivity index (χ3n) is 4.90. The van der Waals surface area contributed by atoms with Crippen LogP contribution in [-0.4, -0.2) is 38.5 Å². The molecular weight excluding hydrogens is 463 g/mol. The van der Waals surface area contributed by atoms with Gasteiger partial charge in [-0.2, -0.15) is 0 Å². The van der Waals surface area contributed by atoms with Gasteiger partial charge in [-0.25, -0.2) is 0 Å². The van der Waals surface area contributed by atoms with E-state index in [1.54, 1.807) is 7.05 Å². The van der Waals surface area contributed by atoms with Gasteiger partial charge in [0.2, 0.25) is 0 Å². The molecule has 1 aliphatic carbocycles. The second-order valence-electron chi connectivity index (χ2n) is 6.78. The summed E-state index contributed by atoms with van der Waals surface area (Å²) < 4.78 is 0. The van der Waals surface area contributed by atoms with Gasteiger partial charge >= 0.3 is 0 Å². The third-order valence-corrected chi connectivity index (χ3v) is 4.90. The number of nitrogens with one attached hydrogen (secondary N) is 3. The van der Waals surface area contributed by atoms with E-state index in [0.717, 1.165) is 44.0 Å². The standard InChI is InChI=1S/C22H28N4O.HI/c1-3-24-22(26-15-19-14-17-8-4-5-10-20(17)19)25-12-11-16-7-6-9-18(13-16)21(27)23-2;/h4-10,13,19H,3,11-12,14-15H2,1-2H3,(H,23,27)(H2,24,25,26);1H. The molecule has 0 saturated carbocycles. The van der Waals surface area contributed by atoms with Crippen LogP contribution in [0.3, 0.4) is 0 Å². The minimum absolute atomic E-state index is 0. The molecule has 0 heterocycles. The monoisotopic (exact) mass is 492 g/mol. The van der Waals surface area contributed by atoms with Crippen LogP contribution in [0, 0.1) is 0 Å². The smallest absolute Gasteiger partial charge is 0.251 e. The molecule has 0 aromatic heterocycles. The lowest BCUT2D eigenvalue weighted by molar-refractivity contribution is 0.0963. The van der Waals surface area contributed by atoms with Gasteiger partial charge in [0.1, 0.15) is 0 Å². The Morgan fingerprint density at radius 2 is 1.96 bits per heavy atom. The van der Waals surface area contributed by atoms with E-state index < -0.39 is 0 Å². The minimum atomic E-state index is -0.0551. The Morgan fingerprint density at radius 3 is 2.71 bits per heavy atom. The van der Waals surface area contributed by atoms with Gasteiger partial charge < -0.3 is 16.0 Å². The van der Waals surface area contributed by atoms with Crippen LogP contribution in [0.5, 0.6) is 0 Å². The van der Waals surface area contributed by atoms with E-state index in [4.69, 9.17) is 4.99 Å². The summed E-state index contributed by atoms with van der Waals surface area (Å²) in [4.78, 5) is 16.5. The molecular formula is C22H29IN4O. The molecule has 5 nitrogen and oxygen atoms in total. The van der Waals surface area contributed by atoms with Gasteiger partial charge in [-0.1, -0.05) is 36.4 Å². The summed E-state index contributed by atoms with van der Waals surface area (Å²) in [7, 11) is 1.65. The number of aliphatic imine (C=N–C) groups is 1. The summed E-state index contributed by atoms with van der Waals surface area (Å²) in [5.74, 6) is 1.32. The first-order valence-electron chi connectivity index (χ1n) is 9.62. The molecule has 150 valence electrons. The Labute approximate surface area is 184 Å². The molecule has 2 aromatic carbocycles. The fourth-order valence-corrected chi connectivity index (χ4v) is 3.41. The van der Waals surface area contributed by atoms with Crippen molar-refractivity contribution in [2.24, 2.45) is 4.99 Å². The molecule has 1 amide bonds. The van der Waals surface area contributed by atoms with Crippen molar-refractivity contribution in [1.82, 2.24) is 16.0 Å². The van der Waals surface area contributed by atoms with Gasteiger partial charge in [-0.15, -0.1) is 24.0 Å². The van der Waals surface area contributed by atoms with Gasteiger partial charge in [0.25, 0.3) is 5.91 Å². The highest BCUT2D eigenvalue weighted by atomic mass is 127. The molecule has 1 aliphatic rings. The van der Waals surface area contributed by atoms with Crippen molar-refractivity contribution in [2.75, 3.05) is 26.7 Å². The lowest BCUT2D eigenvalue weighted by Crippen LogP contribution is -2.39. The Hall–Kier alpha value is -2.09. The number of benzene rings is 2. The van der Waals surface area contributed by atoms with Crippen LogP contribution in [0.1, 0.15) is 39.9 Å². The number of guanidine groups is 1. The summed E-state index contributed by atoms with van der Waals surface area (Å²) >= 11 is 0. The van der Waals surface area contributed by atoms with E-state index in [0.29, 0.717) is 11.5 Å². The summed E-state index contributed by atoms with van der Waals surface area (Å²) in [5.41, 5.74) is 4.71. The topological polar surface area (TPSA) is 65.5 Å². The van der Waals surface area contributed by atoms with Crippen molar-refractivity contribution in [3.05, 3.63) is 70.8 Å². The van der Waals surface area contributed by atoms with Gasteiger partial charge in [0.05, 0.1) is 0 Å². The van der Waals surface area contributed by atoms with Crippen molar-refractivity contribution in [1.29, 1.82) is 0 Å². The van der Waals surface area contributed by atoms with Crippen molar-refractivity contribution in [2.45, 2.75) is 25.7 Å². The average molecular weight is 492 g/mol. The van der Waals surface area contributed by atoms with Crippen molar-refractivity contribution in [3.8, 4) is 0 Å². The van der Waals surface area contributed by atoms with Crippen LogP contribution in [0.4, 0.5) is 0 Å². The predicted molar refractivity (Wildman–Crippen MR) is 126 cm³/mol. The van der Waals surface area contributed by atoms with E-state index in [1.165, 1.54) is 11.1 Å². The maximum Gasteiger partial charge on any atom is 0.251 e. The van der Waals surface area contributed by atoms with Crippen LogP contribution >= 0.6 is 24.0 Å². The maximum absolute atomic E-state index is 11.7. The zero-order chi connectivity index (χ0) is 19.1. The number of nitrogens with zero attached hydrogens (tertiary/aromatic N) is 1. The van der Waals surface area contributed by atoms with Gasteiger partial charge in [0, 0.05) is 38.2 Å². The second kappa shape index (κ2) is 11.0. The van der Waals surface area contributed by atoms with E-state index in [2.05, 4.69) is 47.1 Å². The number of halogens is 1. The highest BCUT2D eigenvalue weighted by Crippen LogP contribution is 2.34. The minimum Gasteiger partial charge on any atom is -0.357 e. The number of carbonyl (C=O) groups excluding carboxylic acids is 1. The molecule has 3 N–H and O–H groups in total. The fourth-order valence-electron chi connectivity index (χ4n) is 3.41. The predicted octanol–water partition coefficient (Wildman–Crippen LogP) is 3.10. The van der Waals surface area contributed by atoms with E-state index in [1.807, 2.05) is 24.3 Å². The molecule has 1 atom stereocenters. The van der Waals surface area contributed by atoms with Crippen LogP contribution in [0.15, 0.2) is 53.5 Å². The zero-order valence-corrected chi connectivity index (χ0v) is 18.8. The summed E-state index contributed by atoms with van der Waals surface area (Å²) in [6, 6.07) is 16.4. The van der Waals surface area contributed by atoms with E-state index >= 15 is 0 Å². The number of fused-ring (bicyclic) bond motifs is 1. The number of rotatable bonds is 7. The lowest BCUT2D eigenvalue weighted by Gasteiger charge is -2.28. The van der Waals surface area contributed by atoms with Gasteiger partial charge in [0.15, 0.2) is 5.96 Å². The molecule has 1 unspecified atom stereocenters. The maximum atomic E-state index is 11.7. The van der Waals surface area contributed by atoms with Crippen LogP contribution in [0.25, 0.3) is 0 Å². The number of hydrogen-bond donors (Lipinski definition) is 3.